The molecule has 1 nitrogen and oxygen atoms in total. The summed E-state index contributed by atoms with van der Waals surface area (Å²) in [4.78, 5) is 11.9. The van der Waals surface area contributed by atoms with Crippen molar-refractivity contribution in [2.75, 3.05) is 0 Å². The molecule has 1 aromatic rings. The highest BCUT2D eigenvalue weighted by atomic mass is 35.5. The molecule has 92 valence electrons. The van der Waals surface area contributed by atoms with E-state index in [4.69, 9.17) is 11.6 Å². The van der Waals surface area contributed by atoms with Gasteiger partial charge in [0.2, 0.25) is 5.92 Å². The Kier molecular flexibility index (Phi) is 3.17. The van der Waals surface area contributed by atoms with Crippen LogP contribution in [0.15, 0.2) is 18.2 Å². The van der Waals surface area contributed by atoms with Crippen LogP contribution in [0.2, 0.25) is 5.02 Å². The van der Waals surface area contributed by atoms with Gasteiger partial charge in [-0.1, -0.05) is 11.6 Å². The molecule has 0 N–H and O–H groups in total. The van der Waals surface area contributed by atoms with Gasteiger partial charge in [-0.05, 0) is 24.6 Å². The van der Waals surface area contributed by atoms with E-state index in [9.17, 15) is 18.0 Å². The number of Topliss-reactive ketones (excluding diaryl/α,β-unsaturated/α-hetero) is 1. The summed E-state index contributed by atoms with van der Waals surface area (Å²) in [5.74, 6) is -4.46. The van der Waals surface area contributed by atoms with E-state index >= 15 is 0 Å². The molecule has 0 heterocycles. The van der Waals surface area contributed by atoms with Gasteiger partial charge in [0.15, 0.2) is 5.78 Å². The van der Waals surface area contributed by atoms with Gasteiger partial charge in [-0.2, -0.15) is 0 Å². The summed E-state index contributed by atoms with van der Waals surface area (Å²) in [6, 6.07) is 3.54. The minimum atomic E-state index is -2.76. The van der Waals surface area contributed by atoms with Gasteiger partial charge in [0.25, 0.3) is 0 Å². The van der Waals surface area contributed by atoms with E-state index < -0.39 is 24.1 Å². The second kappa shape index (κ2) is 4.33. The summed E-state index contributed by atoms with van der Waals surface area (Å²) in [5, 5.41) is -0.166. The average Bonchev–Trinajstić information content (AvgIpc) is 2.62. The number of halogens is 4. The Balaban J connectivity index is 2.18. The molecule has 0 radical (unpaired) electrons. The maximum Gasteiger partial charge on any atom is 0.248 e. The van der Waals surface area contributed by atoms with Crippen LogP contribution in [0.5, 0.6) is 0 Å². The molecule has 0 amide bonds. The van der Waals surface area contributed by atoms with Crippen molar-refractivity contribution < 1.29 is 18.0 Å². The topological polar surface area (TPSA) is 17.1 Å². The van der Waals surface area contributed by atoms with Gasteiger partial charge in [0, 0.05) is 24.3 Å². The van der Waals surface area contributed by atoms with Crippen LogP contribution in [-0.2, 0) is 0 Å². The molecule has 17 heavy (non-hydrogen) atoms. The van der Waals surface area contributed by atoms with Crippen molar-refractivity contribution in [3.05, 3.63) is 34.6 Å². The van der Waals surface area contributed by atoms with Crippen molar-refractivity contribution in [2.24, 2.45) is 5.92 Å². The lowest BCUT2D eigenvalue weighted by molar-refractivity contribution is 0.00530. The molecule has 0 saturated heterocycles. The largest absolute Gasteiger partial charge is 0.294 e. The molecule has 1 fully saturated rings. The maximum absolute atomic E-state index is 13.0. The second-order valence-electron chi connectivity index (χ2n) is 4.29. The Labute approximate surface area is 102 Å². The Morgan fingerprint density at radius 2 is 2.12 bits per heavy atom. The van der Waals surface area contributed by atoms with Crippen LogP contribution in [0.25, 0.3) is 0 Å². The summed E-state index contributed by atoms with van der Waals surface area (Å²) in [5.41, 5.74) is 0.194. The summed E-state index contributed by atoms with van der Waals surface area (Å²) >= 11 is 5.55. The first-order valence-corrected chi connectivity index (χ1v) is 5.64. The van der Waals surface area contributed by atoms with Crippen LogP contribution in [0, 0.1) is 11.7 Å². The SMILES string of the molecule is O=C(c1ccc(F)c(Cl)c1)C1CCC(F)(F)C1. The average molecular weight is 263 g/mol. The first-order valence-electron chi connectivity index (χ1n) is 5.26. The van der Waals surface area contributed by atoms with Crippen LogP contribution >= 0.6 is 11.6 Å². The van der Waals surface area contributed by atoms with E-state index in [2.05, 4.69) is 0 Å². The Morgan fingerprint density at radius 1 is 1.41 bits per heavy atom. The predicted molar refractivity (Wildman–Crippen MR) is 58.0 cm³/mol. The Morgan fingerprint density at radius 3 is 2.65 bits per heavy atom. The minimum Gasteiger partial charge on any atom is -0.294 e. The van der Waals surface area contributed by atoms with E-state index in [1.54, 1.807) is 0 Å². The van der Waals surface area contributed by atoms with E-state index in [1.807, 2.05) is 0 Å². The highest BCUT2D eigenvalue weighted by molar-refractivity contribution is 6.31. The number of rotatable bonds is 2. The molecule has 1 atom stereocenters. The first kappa shape index (κ1) is 12.4. The molecule has 1 aromatic carbocycles. The van der Waals surface area contributed by atoms with Gasteiger partial charge in [0.1, 0.15) is 5.82 Å². The van der Waals surface area contributed by atoms with Gasteiger partial charge >= 0.3 is 0 Å². The summed E-state index contributed by atoms with van der Waals surface area (Å²) < 4.78 is 38.9. The molecular formula is C12H10ClF3O. The molecule has 1 aliphatic rings. The summed E-state index contributed by atoms with van der Waals surface area (Å²) in [6.45, 7) is 0. The monoisotopic (exact) mass is 262 g/mol. The van der Waals surface area contributed by atoms with Crippen molar-refractivity contribution in [2.45, 2.75) is 25.2 Å². The van der Waals surface area contributed by atoms with E-state index in [1.165, 1.54) is 12.1 Å². The van der Waals surface area contributed by atoms with Gasteiger partial charge in [0.05, 0.1) is 5.02 Å². The van der Waals surface area contributed by atoms with E-state index in [0.29, 0.717) is 0 Å². The third kappa shape index (κ3) is 2.63. The number of benzene rings is 1. The zero-order valence-electron chi connectivity index (χ0n) is 8.85. The maximum atomic E-state index is 13.0. The second-order valence-corrected chi connectivity index (χ2v) is 4.70. The number of carbonyl (C=O) groups is 1. The molecule has 5 heteroatoms. The quantitative estimate of drug-likeness (QED) is 0.734. The number of carbonyl (C=O) groups excluding carboxylic acids is 1. The van der Waals surface area contributed by atoms with E-state index in [-0.39, 0.29) is 29.2 Å². The lowest BCUT2D eigenvalue weighted by atomic mass is 9.96. The van der Waals surface area contributed by atoms with Crippen LogP contribution in [0.1, 0.15) is 29.6 Å². The molecule has 1 unspecified atom stereocenters. The third-order valence-electron chi connectivity index (χ3n) is 2.98. The van der Waals surface area contributed by atoms with Crippen LogP contribution < -0.4 is 0 Å². The van der Waals surface area contributed by atoms with Crippen LogP contribution in [0.4, 0.5) is 13.2 Å². The lowest BCUT2D eigenvalue weighted by Crippen LogP contribution is -2.15. The zero-order valence-corrected chi connectivity index (χ0v) is 9.61. The van der Waals surface area contributed by atoms with Crippen molar-refractivity contribution in [1.82, 2.24) is 0 Å². The third-order valence-corrected chi connectivity index (χ3v) is 3.27. The molecule has 0 spiro atoms. The normalized spacial score (nSPS) is 22.7. The van der Waals surface area contributed by atoms with Crippen LogP contribution in [-0.4, -0.2) is 11.7 Å². The number of ketones is 1. The molecule has 1 saturated carbocycles. The molecule has 2 rings (SSSR count). The highest BCUT2D eigenvalue weighted by Crippen LogP contribution is 2.40. The molecular weight excluding hydrogens is 253 g/mol. The number of hydrogen-bond donors (Lipinski definition) is 0. The summed E-state index contributed by atoms with van der Waals surface area (Å²) in [7, 11) is 0. The molecule has 1 aliphatic carbocycles. The fourth-order valence-corrected chi connectivity index (χ4v) is 2.24. The lowest BCUT2D eigenvalue weighted by Gasteiger charge is -2.10. The van der Waals surface area contributed by atoms with E-state index in [0.717, 1.165) is 6.07 Å². The van der Waals surface area contributed by atoms with Crippen LogP contribution in [0.3, 0.4) is 0 Å². The van der Waals surface area contributed by atoms with Crippen molar-refractivity contribution in [3.8, 4) is 0 Å². The molecule has 0 aromatic heterocycles. The zero-order chi connectivity index (χ0) is 12.6. The standard InChI is InChI=1S/C12H10ClF3O/c13-9-5-7(1-2-10(9)14)11(17)8-3-4-12(15,16)6-8/h1-2,5,8H,3-4,6H2. The number of hydrogen-bond acceptors (Lipinski definition) is 1. The fourth-order valence-electron chi connectivity index (χ4n) is 2.06. The number of alkyl halides is 2. The van der Waals surface area contributed by atoms with Crippen molar-refractivity contribution in [1.29, 1.82) is 0 Å². The Hall–Kier alpha value is -1.03. The van der Waals surface area contributed by atoms with Gasteiger partial charge in [-0.15, -0.1) is 0 Å². The van der Waals surface area contributed by atoms with Gasteiger partial charge < -0.3 is 0 Å². The summed E-state index contributed by atoms with van der Waals surface area (Å²) in [6.07, 6.45) is -0.528. The predicted octanol–water partition coefficient (Wildman–Crippen LogP) is 4.10. The van der Waals surface area contributed by atoms with Crippen molar-refractivity contribution in [3.63, 3.8) is 0 Å². The molecule has 0 bridgehead atoms. The van der Waals surface area contributed by atoms with Gasteiger partial charge in [-0.25, -0.2) is 13.2 Å². The van der Waals surface area contributed by atoms with Gasteiger partial charge in [-0.3, -0.25) is 4.79 Å². The molecule has 0 aliphatic heterocycles. The Bertz CT molecular complexity index is 459. The minimum absolute atomic E-state index is 0.166. The van der Waals surface area contributed by atoms with Crippen molar-refractivity contribution >= 4 is 17.4 Å². The first-order chi connectivity index (χ1) is 7.89. The smallest absolute Gasteiger partial charge is 0.248 e. The highest BCUT2D eigenvalue weighted by Gasteiger charge is 2.42. The fraction of sp³-hybridized carbons (Fsp3) is 0.417.